The van der Waals surface area contributed by atoms with Gasteiger partial charge in [-0.25, -0.2) is 8.42 Å². The number of hydrogen-bond acceptors (Lipinski definition) is 8. The first kappa shape index (κ1) is 20.7. The molecule has 0 bridgehead atoms. The van der Waals surface area contributed by atoms with Crippen LogP contribution < -0.4 is 9.47 Å². The molecular formula is C18H17BrN2O5S2. The van der Waals surface area contributed by atoms with E-state index in [-0.39, 0.29) is 16.5 Å². The van der Waals surface area contributed by atoms with Gasteiger partial charge in [0, 0.05) is 16.3 Å². The summed E-state index contributed by atoms with van der Waals surface area (Å²) in [5.41, 5.74) is 0.630. The number of ether oxygens (including phenoxy) is 2. The molecule has 1 heterocycles. The van der Waals surface area contributed by atoms with Gasteiger partial charge in [0.2, 0.25) is 0 Å². The second kappa shape index (κ2) is 8.97. The Morgan fingerprint density at radius 3 is 2.50 bits per heavy atom. The van der Waals surface area contributed by atoms with Gasteiger partial charge >= 0.3 is 0 Å². The zero-order valence-corrected chi connectivity index (χ0v) is 18.3. The number of halogens is 1. The lowest BCUT2D eigenvalue weighted by atomic mass is 10.2. The Balaban J connectivity index is 1.66. The summed E-state index contributed by atoms with van der Waals surface area (Å²) in [7, 11) is -0.270. The average molecular weight is 485 g/mol. The number of methoxy groups -OCH3 is 2. The molecule has 0 amide bonds. The Morgan fingerprint density at radius 2 is 1.82 bits per heavy atom. The monoisotopic (exact) mass is 484 g/mol. The summed E-state index contributed by atoms with van der Waals surface area (Å²) in [6.07, 6.45) is 0. The molecule has 0 fully saturated rings. The number of nitrogens with zero attached hydrogens (tertiary/aromatic N) is 2. The van der Waals surface area contributed by atoms with Gasteiger partial charge in [0.05, 0.1) is 30.4 Å². The molecule has 0 atom stereocenters. The highest BCUT2D eigenvalue weighted by Crippen LogP contribution is 2.33. The summed E-state index contributed by atoms with van der Waals surface area (Å²) in [4.78, 5) is 0.283. The lowest BCUT2D eigenvalue weighted by Crippen LogP contribution is -2.08. The minimum absolute atomic E-state index is 0.0388. The van der Waals surface area contributed by atoms with Crippen LogP contribution in [0.4, 0.5) is 0 Å². The summed E-state index contributed by atoms with van der Waals surface area (Å²) in [6.45, 7) is 0. The van der Waals surface area contributed by atoms with Crippen LogP contribution in [0.1, 0.15) is 0 Å². The van der Waals surface area contributed by atoms with Gasteiger partial charge in [-0.2, -0.15) is 0 Å². The molecule has 1 aromatic heterocycles. The van der Waals surface area contributed by atoms with Crippen molar-refractivity contribution in [2.75, 3.05) is 25.7 Å². The topological polar surface area (TPSA) is 91.5 Å². The molecule has 3 aromatic rings. The van der Waals surface area contributed by atoms with Gasteiger partial charge < -0.3 is 13.9 Å². The van der Waals surface area contributed by atoms with Crippen LogP contribution in [0, 0.1) is 0 Å². The lowest BCUT2D eigenvalue weighted by Gasteiger charge is -2.07. The predicted octanol–water partition coefficient (Wildman–Crippen LogP) is 4.08. The molecular weight excluding hydrogens is 468 g/mol. The van der Waals surface area contributed by atoms with Gasteiger partial charge in [0.15, 0.2) is 9.84 Å². The average Bonchev–Trinajstić information content (AvgIpc) is 3.16. The molecule has 0 aliphatic rings. The van der Waals surface area contributed by atoms with E-state index in [4.69, 9.17) is 13.9 Å². The first-order valence-corrected chi connectivity index (χ1v) is 11.5. The summed E-state index contributed by atoms with van der Waals surface area (Å²) < 4.78 is 41.7. The Bertz CT molecular complexity index is 1050. The summed E-state index contributed by atoms with van der Waals surface area (Å²) in [6, 6.07) is 11.8. The van der Waals surface area contributed by atoms with Crippen LogP contribution >= 0.6 is 27.7 Å². The predicted molar refractivity (Wildman–Crippen MR) is 110 cm³/mol. The fourth-order valence-corrected chi connectivity index (χ4v) is 5.02. The molecule has 0 saturated carbocycles. The van der Waals surface area contributed by atoms with Gasteiger partial charge in [0.25, 0.3) is 11.1 Å². The van der Waals surface area contributed by atoms with Gasteiger partial charge in [-0.15, -0.1) is 10.2 Å². The maximum atomic E-state index is 12.4. The van der Waals surface area contributed by atoms with Gasteiger partial charge in [0.1, 0.15) is 11.5 Å². The summed E-state index contributed by atoms with van der Waals surface area (Å²) >= 11 is 4.48. The zero-order chi connectivity index (χ0) is 20.1. The summed E-state index contributed by atoms with van der Waals surface area (Å²) in [5, 5.41) is 8.28. The van der Waals surface area contributed by atoms with Crippen molar-refractivity contribution in [3.05, 3.63) is 46.9 Å². The number of hydrogen-bond donors (Lipinski definition) is 0. The molecule has 3 rings (SSSR count). The third-order valence-corrected chi connectivity index (χ3v) is 7.14. The molecule has 0 N–H and O–H groups in total. The molecule has 0 saturated heterocycles. The van der Waals surface area contributed by atoms with Crippen LogP contribution in [0.25, 0.3) is 11.5 Å². The lowest BCUT2D eigenvalue weighted by molar-refractivity contribution is 0.393. The second-order valence-electron chi connectivity index (χ2n) is 5.56. The van der Waals surface area contributed by atoms with Crippen LogP contribution in [0.5, 0.6) is 11.5 Å². The minimum atomic E-state index is -3.38. The highest BCUT2D eigenvalue weighted by molar-refractivity contribution is 9.10. The molecule has 0 aliphatic heterocycles. The third-order valence-electron chi connectivity index (χ3n) is 3.80. The normalized spacial score (nSPS) is 11.4. The number of benzene rings is 2. The van der Waals surface area contributed by atoms with E-state index in [1.54, 1.807) is 49.6 Å². The van der Waals surface area contributed by atoms with Crippen LogP contribution in [-0.4, -0.2) is 44.3 Å². The van der Waals surface area contributed by atoms with Crippen molar-refractivity contribution in [1.82, 2.24) is 10.2 Å². The maximum absolute atomic E-state index is 12.4. The van der Waals surface area contributed by atoms with E-state index < -0.39 is 9.84 Å². The van der Waals surface area contributed by atoms with E-state index in [9.17, 15) is 8.42 Å². The molecule has 7 nitrogen and oxygen atoms in total. The Hall–Kier alpha value is -2.04. The maximum Gasteiger partial charge on any atom is 0.276 e. The van der Waals surface area contributed by atoms with Crippen LogP contribution in [0.2, 0.25) is 0 Å². The van der Waals surface area contributed by atoms with Crippen LogP contribution in [0.15, 0.2) is 61.5 Å². The van der Waals surface area contributed by atoms with Crippen LogP contribution in [-0.2, 0) is 9.84 Å². The molecule has 10 heteroatoms. The molecule has 2 aromatic carbocycles. The largest absolute Gasteiger partial charge is 0.497 e. The first-order valence-electron chi connectivity index (χ1n) is 8.10. The molecule has 0 radical (unpaired) electrons. The van der Waals surface area contributed by atoms with Gasteiger partial charge in [-0.05, 0) is 36.4 Å². The Kier molecular flexibility index (Phi) is 6.63. The zero-order valence-electron chi connectivity index (χ0n) is 15.1. The third kappa shape index (κ3) is 4.86. The minimum Gasteiger partial charge on any atom is -0.497 e. The number of rotatable bonds is 8. The van der Waals surface area contributed by atoms with Crippen molar-refractivity contribution in [2.45, 2.75) is 10.1 Å². The van der Waals surface area contributed by atoms with E-state index >= 15 is 0 Å². The van der Waals surface area contributed by atoms with Crippen molar-refractivity contribution >= 4 is 37.5 Å². The van der Waals surface area contributed by atoms with E-state index in [2.05, 4.69) is 26.1 Å². The van der Waals surface area contributed by atoms with E-state index in [1.807, 2.05) is 0 Å². The van der Waals surface area contributed by atoms with E-state index in [0.29, 0.717) is 28.0 Å². The molecule has 148 valence electrons. The molecule has 0 spiro atoms. The fourth-order valence-electron chi connectivity index (χ4n) is 2.35. The van der Waals surface area contributed by atoms with Crippen molar-refractivity contribution in [3.63, 3.8) is 0 Å². The van der Waals surface area contributed by atoms with Crippen molar-refractivity contribution in [1.29, 1.82) is 0 Å². The molecule has 0 unspecified atom stereocenters. The standard InChI is InChI=1S/C18H17BrN2O5S2/c1-24-13-5-8-15(16(11-13)25-2)17-20-21-18(26-17)27-9-10-28(22,23)14-6-3-12(19)4-7-14/h3-8,11H,9-10H2,1-2H3. The number of aromatic nitrogens is 2. The van der Waals surface area contributed by atoms with Crippen LogP contribution in [0.3, 0.4) is 0 Å². The Labute approximate surface area is 175 Å². The highest BCUT2D eigenvalue weighted by Gasteiger charge is 2.17. The Morgan fingerprint density at radius 1 is 1.07 bits per heavy atom. The van der Waals surface area contributed by atoms with Gasteiger partial charge in [-0.3, -0.25) is 0 Å². The van der Waals surface area contributed by atoms with E-state index in [0.717, 1.165) is 4.47 Å². The number of sulfone groups is 1. The quantitative estimate of drug-likeness (QED) is 0.441. The van der Waals surface area contributed by atoms with Crippen molar-refractivity contribution < 1.29 is 22.3 Å². The molecule has 28 heavy (non-hydrogen) atoms. The fraction of sp³-hybridized carbons (Fsp3) is 0.222. The van der Waals surface area contributed by atoms with E-state index in [1.165, 1.54) is 18.9 Å². The number of thioether (sulfide) groups is 1. The highest BCUT2D eigenvalue weighted by atomic mass is 79.9. The van der Waals surface area contributed by atoms with Crippen molar-refractivity contribution in [2.24, 2.45) is 0 Å². The SMILES string of the molecule is COc1ccc(-c2nnc(SCCS(=O)(=O)c3ccc(Br)cc3)o2)c(OC)c1. The smallest absolute Gasteiger partial charge is 0.276 e. The van der Waals surface area contributed by atoms with Crippen molar-refractivity contribution in [3.8, 4) is 23.0 Å². The summed E-state index contributed by atoms with van der Waals surface area (Å²) in [5.74, 6) is 1.73. The first-order chi connectivity index (χ1) is 13.4. The second-order valence-corrected chi connectivity index (χ2v) is 9.63. The molecule has 0 aliphatic carbocycles. The van der Waals surface area contributed by atoms with Gasteiger partial charge in [-0.1, -0.05) is 27.7 Å².